The summed E-state index contributed by atoms with van der Waals surface area (Å²) in [6.45, 7) is 0. The molecule has 1 aromatic carbocycles. The number of alkyl halides is 1. The highest BCUT2D eigenvalue weighted by molar-refractivity contribution is 6.16. The molecule has 1 heterocycles. The Hall–Kier alpha value is -1.28. The molecular weight excluding hydrogens is 184 g/mol. The first-order valence-corrected chi connectivity index (χ1v) is 4.59. The minimum Gasteiger partial charge on any atom is -0.237 e. The van der Waals surface area contributed by atoms with E-state index in [2.05, 4.69) is 5.10 Å². The van der Waals surface area contributed by atoms with Gasteiger partial charge in [0, 0.05) is 6.20 Å². The van der Waals surface area contributed by atoms with Gasteiger partial charge in [0.25, 0.3) is 0 Å². The van der Waals surface area contributed by atoms with Crippen LogP contribution in [0.4, 0.5) is 0 Å². The predicted molar refractivity (Wildman–Crippen MR) is 53.1 cm³/mol. The molecule has 0 aliphatic rings. The van der Waals surface area contributed by atoms with Crippen molar-refractivity contribution >= 4 is 11.6 Å². The smallest absolute Gasteiger partial charge is 0.0649 e. The summed E-state index contributed by atoms with van der Waals surface area (Å²) in [7, 11) is 0. The normalized spacial score (nSPS) is 10.2. The summed E-state index contributed by atoms with van der Waals surface area (Å²) >= 11 is 5.76. The van der Waals surface area contributed by atoms with Crippen molar-refractivity contribution in [3.8, 4) is 5.69 Å². The number of hydrogen-bond donors (Lipinski definition) is 0. The Bertz CT molecular complexity index is 381. The number of nitrogens with zero attached hydrogens (tertiary/aromatic N) is 2. The summed E-state index contributed by atoms with van der Waals surface area (Å²) in [5.74, 6) is 0.481. The lowest BCUT2D eigenvalue weighted by atomic mass is 10.3. The Morgan fingerprint density at radius 1 is 1.15 bits per heavy atom. The molecule has 3 heteroatoms. The molecule has 66 valence electrons. The molecule has 0 radical (unpaired) electrons. The maximum atomic E-state index is 5.76. The van der Waals surface area contributed by atoms with Gasteiger partial charge in [-0.15, -0.1) is 11.6 Å². The summed E-state index contributed by atoms with van der Waals surface area (Å²) in [6.07, 6.45) is 1.75. The maximum absolute atomic E-state index is 5.76. The van der Waals surface area contributed by atoms with Crippen LogP contribution in [0.5, 0.6) is 0 Å². The van der Waals surface area contributed by atoms with Crippen LogP contribution in [0, 0.1) is 0 Å². The fourth-order valence-corrected chi connectivity index (χ4v) is 1.44. The largest absolute Gasteiger partial charge is 0.237 e. The number of hydrogen-bond acceptors (Lipinski definition) is 1. The lowest BCUT2D eigenvalue weighted by Gasteiger charge is -2.03. The molecule has 0 amide bonds. The van der Waals surface area contributed by atoms with E-state index in [4.69, 9.17) is 11.6 Å². The van der Waals surface area contributed by atoms with Crippen LogP contribution >= 0.6 is 11.6 Å². The third kappa shape index (κ3) is 1.58. The van der Waals surface area contributed by atoms with Gasteiger partial charge in [0.2, 0.25) is 0 Å². The molecule has 13 heavy (non-hydrogen) atoms. The van der Waals surface area contributed by atoms with Crippen LogP contribution in [-0.4, -0.2) is 9.78 Å². The van der Waals surface area contributed by atoms with E-state index in [-0.39, 0.29) is 0 Å². The van der Waals surface area contributed by atoms with Crippen molar-refractivity contribution in [1.82, 2.24) is 9.78 Å². The Morgan fingerprint density at radius 2 is 1.92 bits per heavy atom. The maximum Gasteiger partial charge on any atom is 0.0649 e. The van der Waals surface area contributed by atoms with Crippen molar-refractivity contribution in [2.45, 2.75) is 5.88 Å². The second kappa shape index (κ2) is 3.62. The van der Waals surface area contributed by atoms with Gasteiger partial charge >= 0.3 is 0 Å². The number of para-hydroxylation sites is 1. The summed E-state index contributed by atoms with van der Waals surface area (Å²) in [5.41, 5.74) is 2.05. The van der Waals surface area contributed by atoms with Gasteiger partial charge < -0.3 is 0 Å². The lowest BCUT2D eigenvalue weighted by Crippen LogP contribution is -1.99. The van der Waals surface area contributed by atoms with E-state index in [1.807, 2.05) is 41.1 Å². The van der Waals surface area contributed by atoms with Crippen LogP contribution in [0.2, 0.25) is 0 Å². The highest BCUT2D eigenvalue weighted by atomic mass is 35.5. The van der Waals surface area contributed by atoms with Gasteiger partial charge in [-0.2, -0.15) is 5.10 Å². The molecular formula is C10H9ClN2. The quantitative estimate of drug-likeness (QED) is 0.669. The van der Waals surface area contributed by atoms with Gasteiger partial charge in [-0.25, -0.2) is 4.68 Å². The zero-order valence-corrected chi connectivity index (χ0v) is 7.78. The van der Waals surface area contributed by atoms with Crippen LogP contribution in [0.1, 0.15) is 5.69 Å². The van der Waals surface area contributed by atoms with Crippen LogP contribution in [-0.2, 0) is 5.88 Å². The van der Waals surface area contributed by atoms with Crippen molar-refractivity contribution < 1.29 is 0 Å². The van der Waals surface area contributed by atoms with Crippen molar-refractivity contribution in [3.05, 3.63) is 48.3 Å². The molecule has 0 unspecified atom stereocenters. The molecule has 0 fully saturated rings. The van der Waals surface area contributed by atoms with Gasteiger partial charge in [0.05, 0.1) is 17.3 Å². The zero-order chi connectivity index (χ0) is 9.10. The molecule has 0 aliphatic heterocycles. The zero-order valence-electron chi connectivity index (χ0n) is 7.02. The van der Waals surface area contributed by atoms with Gasteiger partial charge in [0.15, 0.2) is 0 Å². The first-order chi connectivity index (χ1) is 6.42. The average Bonchev–Trinajstić information content (AvgIpc) is 2.67. The molecule has 0 spiro atoms. The summed E-state index contributed by atoms with van der Waals surface area (Å²) in [4.78, 5) is 0. The third-order valence-corrected chi connectivity index (χ3v) is 2.13. The Labute approximate surface area is 81.8 Å². The Morgan fingerprint density at radius 3 is 2.62 bits per heavy atom. The molecule has 2 aromatic rings. The number of benzene rings is 1. The minimum absolute atomic E-state index is 0.481. The molecule has 2 rings (SSSR count). The molecule has 0 saturated heterocycles. The highest BCUT2D eigenvalue weighted by Crippen LogP contribution is 2.11. The van der Waals surface area contributed by atoms with Crippen LogP contribution in [0.3, 0.4) is 0 Å². The highest BCUT2D eigenvalue weighted by Gasteiger charge is 2.01. The van der Waals surface area contributed by atoms with E-state index in [0.29, 0.717) is 5.88 Å². The fraction of sp³-hybridized carbons (Fsp3) is 0.100. The molecule has 2 nitrogen and oxygen atoms in total. The molecule has 0 saturated carbocycles. The van der Waals surface area contributed by atoms with Crippen molar-refractivity contribution in [1.29, 1.82) is 0 Å². The van der Waals surface area contributed by atoms with Gasteiger partial charge in [0.1, 0.15) is 0 Å². The van der Waals surface area contributed by atoms with E-state index < -0.39 is 0 Å². The summed E-state index contributed by atoms with van der Waals surface area (Å²) in [5, 5.41) is 4.19. The van der Waals surface area contributed by atoms with Gasteiger partial charge in [-0.3, -0.25) is 0 Å². The monoisotopic (exact) mass is 192 g/mol. The Kier molecular flexibility index (Phi) is 2.32. The third-order valence-electron chi connectivity index (χ3n) is 1.86. The van der Waals surface area contributed by atoms with E-state index in [9.17, 15) is 0 Å². The van der Waals surface area contributed by atoms with Crippen LogP contribution in [0.25, 0.3) is 5.69 Å². The first kappa shape index (κ1) is 8.32. The average molecular weight is 193 g/mol. The van der Waals surface area contributed by atoms with E-state index in [1.54, 1.807) is 6.20 Å². The minimum atomic E-state index is 0.481. The fourth-order valence-electron chi connectivity index (χ4n) is 1.23. The van der Waals surface area contributed by atoms with Crippen LogP contribution < -0.4 is 0 Å². The molecule has 0 N–H and O–H groups in total. The van der Waals surface area contributed by atoms with Crippen molar-refractivity contribution in [2.75, 3.05) is 0 Å². The Balaban J connectivity index is 2.47. The second-order valence-corrected chi connectivity index (χ2v) is 2.97. The topological polar surface area (TPSA) is 17.8 Å². The molecule has 0 atom stereocenters. The van der Waals surface area contributed by atoms with Crippen molar-refractivity contribution in [2.24, 2.45) is 0 Å². The van der Waals surface area contributed by atoms with E-state index in [1.165, 1.54) is 0 Å². The second-order valence-electron chi connectivity index (χ2n) is 2.70. The SMILES string of the molecule is ClCc1ccnn1-c1ccccc1. The van der Waals surface area contributed by atoms with Gasteiger partial charge in [-0.1, -0.05) is 18.2 Å². The number of aromatic nitrogens is 2. The van der Waals surface area contributed by atoms with Gasteiger partial charge in [-0.05, 0) is 18.2 Å². The van der Waals surface area contributed by atoms with E-state index >= 15 is 0 Å². The standard InChI is InChI=1S/C10H9ClN2/c11-8-10-6-7-12-13(10)9-4-2-1-3-5-9/h1-7H,8H2. The molecule has 0 aliphatic carbocycles. The summed E-state index contributed by atoms with van der Waals surface area (Å²) < 4.78 is 1.84. The molecule has 1 aromatic heterocycles. The van der Waals surface area contributed by atoms with Crippen molar-refractivity contribution in [3.63, 3.8) is 0 Å². The summed E-state index contributed by atoms with van der Waals surface area (Å²) in [6, 6.07) is 11.9. The first-order valence-electron chi connectivity index (χ1n) is 4.06. The lowest BCUT2D eigenvalue weighted by molar-refractivity contribution is 0.840. The number of rotatable bonds is 2. The molecule has 0 bridgehead atoms. The van der Waals surface area contributed by atoms with E-state index in [0.717, 1.165) is 11.4 Å². The van der Waals surface area contributed by atoms with Crippen LogP contribution in [0.15, 0.2) is 42.6 Å². The predicted octanol–water partition coefficient (Wildman–Crippen LogP) is 2.61. The number of halogens is 1.